The van der Waals surface area contributed by atoms with Crippen LogP contribution in [0.2, 0.25) is 5.02 Å². The molecule has 1 aromatic carbocycles. The number of nitrogens with one attached hydrogen (secondary N) is 2. The minimum atomic E-state index is -3.77. The van der Waals surface area contributed by atoms with Gasteiger partial charge >= 0.3 is 16.1 Å². The van der Waals surface area contributed by atoms with Crippen molar-refractivity contribution in [2.45, 2.75) is 6.54 Å². The highest BCUT2D eigenvalue weighted by Crippen LogP contribution is 2.28. The van der Waals surface area contributed by atoms with E-state index in [1.54, 1.807) is 18.2 Å². The number of benzene rings is 1. The molecule has 2 heterocycles. The number of fused-ring (bicyclic) bond motifs is 1. The van der Waals surface area contributed by atoms with Crippen molar-refractivity contribution in [2.24, 2.45) is 0 Å². The number of aromatic amines is 1. The number of nitrogens with zero attached hydrogens (tertiary/aromatic N) is 3. The maximum Gasteiger partial charge on any atom is 0.337 e. The van der Waals surface area contributed by atoms with E-state index in [1.165, 1.54) is 6.33 Å². The molecule has 9 nitrogen and oxygen atoms in total. The third kappa shape index (κ3) is 3.49. The first-order valence-electron chi connectivity index (χ1n) is 6.64. The van der Waals surface area contributed by atoms with Crippen LogP contribution < -0.4 is 9.50 Å². The predicted molar refractivity (Wildman–Crippen MR) is 87.6 cm³/mol. The topological polar surface area (TPSA) is 130 Å². The van der Waals surface area contributed by atoms with E-state index >= 15 is 0 Å². The standard InChI is InChI=1S/C13H12ClN5O4S/c1-24(21,22)23-13-18-11(9-12(19-13)17-6-16-9)15-5-7-3-2-4-8(14)10(7)20/h2-4,6,20H,5H2,1H3,(H2,15,16,17,18,19). The molecular weight excluding hydrogens is 358 g/mol. The lowest BCUT2D eigenvalue weighted by Crippen LogP contribution is -2.10. The Morgan fingerprint density at radius 1 is 1.38 bits per heavy atom. The molecule has 126 valence electrons. The number of phenols is 1. The fourth-order valence-corrected chi connectivity index (χ4v) is 2.53. The number of H-pyrrole nitrogens is 1. The zero-order chi connectivity index (χ0) is 17.3. The quantitative estimate of drug-likeness (QED) is 0.579. The van der Waals surface area contributed by atoms with Gasteiger partial charge in [-0.2, -0.15) is 18.4 Å². The molecule has 0 saturated heterocycles. The molecule has 24 heavy (non-hydrogen) atoms. The van der Waals surface area contributed by atoms with Crippen molar-refractivity contribution < 1.29 is 17.7 Å². The average Bonchev–Trinajstić information content (AvgIpc) is 2.95. The van der Waals surface area contributed by atoms with E-state index in [4.69, 9.17) is 15.8 Å². The largest absolute Gasteiger partial charge is 0.506 e. The second-order valence-electron chi connectivity index (χ2n) is 4.84. The molecule has 0 amide bonds. The van der Waals surface area contributed by atoms with Crippen LogP contribution in [0.3, 0.4) is 0 Å². The highest BCUT2D eigenvalue weighted by atomic mass is 35.5. The molecule has 0 fully saturated rings. The molecule has 0 aliphatic carbocycles. The summed E-state index contributed by atoms with van der Waals surface area (Å²) in [6.45, 7) is 0.190. The minimum absolute atomic E-state index is 0.0470. The summed E-state index contributed by atoms with van der Waals surface area (Å²) >= 11 is 5.86. The van der Waals surface area contributed by atoms with Crippen LogP contribution in [0.25, 0.3) is 11.2 Å². The summed E-state index contributed by atoms with van der Waals surface area (Å²) in [4.78, 5) is 14.7. The number of aromatic nitrogens is 4. The number of para-hydroxylation sites is 1. The number of rotatable bonds is 5. The second-order valence-corrected chi connectivity index (χ2v) is 6.83. The first-order chi connectivity index (χ1) is 11.3. The van der Waals surface area contributed by atoms with E-state index in [-0.39, 0.29) is 34.8 Å². The Kier molecular flexibility index (Phi) is 4.16. The van der Waals surface area contributed by atoms with Gasteiger partial charge in [-0.1, -0.05) is 23.7 Å². The summed E-state index contributed by atoms with van der Waals surface area (Å²) in [5.41, 5.74) is 1.25. The molecule has 2 aromatic heterocycles. The Balaban J connectivity index is 1.93. The van der Waals surface area contributed by atoms with Gasteiger partial charge in [-0.3, -0.25) is 0 Å². The molecule has 3 rings (SSSR count). The molecule has 11 heteroatoms. The van der Waals surface area contributed by atoms with Crippen LogP contribution in [-0.2, 0) is 16.7 Å². The van der Waals surface area contributed by atoms with Crippen LogP contribution in [0.5, 0.6) is 11.8 Å². The summed E-state index contributed by atoms with van der Waals surface area (Å²) < 4.78 is 27.2. The molecule has 0 aliphatic rings. The lowest BCUT2D eigenvalue weighted by molar-refractivity contribution is 0.469. The van der Waals surface area contributed by atoms with E-state index in [2.05, 4.69) is 25.3 Å². The Hall–Kier alpha value is -2.59. The van der Waals surface area contributed by atoms with Gasteiger partial charge < -0.3 is 19.6 Å². The molecule has 0 radical (unpaired) electrons. The van der Waals surface area contributed by atoms with Crippen molar-refractivity contribution in [3.63, 3.8) is 0 Å². The zero-order valence-corrected chi connectivity index (χ0v) is 13.9. The highest BCUT2D eigenvalue weighted by Gasteiger charge is 2.15. The molecule has 0 aliphatic heterocycles. The fraction of sp³-hybridized carbons (Fsp3) is 0.154. The van der Waals surface area contributed by atoms with E-state index in [9.17, 15) is 13.5 Å². The second kappa shape index (κ2) is 6.13. The molecule has 0 unspecified atom stereocenters. The Morgan fingerprint density at radius 3 is 2.92 bits per heavy atom. The monoisotopic (exact) mass is 369 g/mol. The van der Waals surface area contributed by atoms with E-state index < -0.39 is 10.1 Å². The van der Waals surface area contributed by atoms with Gasteiger partial charge in [0.2, 0.25) is 0 Å². The van der Waals surface area contributed by atoms with Crippen LogP contribution in [0.1, 0.15) is 5.56 Å². The van der Waals surface area contributed by atoms with Gasteiger partial charge in [0.1, 0.15) is 11.3 Å². The van der Waals surface area contributed by atoms with Crippen LogP contribution in [0.15, 0.2) is 24.5 Å². The molecular formula is C13H12ClN5O4S. The minimum Gasteiger partial charge on any atom is -0.506 e. The number of hydrogen-bond acceptors (Lipinski definition) is 8. The Labute approximate surface area is 141 Å². The van der Waals surface area contributed by atoms with Gasteiger partial charge in [0.15, 0.2) is 11.5 Å². The van der Waals surface area contributed by atoms with Crippen molar-refractivity contribution >= 4 is 38.7 Å². The summed E-state index contributed by atoms with van der Waals surface area (Å²) in [6, 6.07) is 4.60. The molecule has 0 bridgehead atoms. The van der Waals surface area contributed by atoms with Crippen LogP contribution >= 0.6 is 11.6 Å². The third-order valence-corrected chi connectivity index (χ3v) is 3.76. The fourth-order valence-electron chi connectivity index (χ4n) is 2.00. The van der Waals surface area contributed by atoms with Gasteiger partial charge in [-0.25, -0.2) is 4.98 Å². The number of imidazole rings is 1. The SMILES string of the molecule is CS(=O)(=O)Oc1nc(NCc2cccc(Cl)c2O)c2[nH]cnc2n1. The van der Waals surface area contributed by atoms with Crippen LogP contribution in [-0.4, -0.2) is 39.7 Å². The van der Waals surface area contributed by atoms with Gasteiger partial charge in [0, 0.05) is 12.1 Å². The Bertz CT molecular complexity index is 1000. The lowest BCUT2D eigenvalue weighted by Gasteiger charge is -2.10. The van der Waals surface area contributed by atoms with Crippen LogP contribution in [0.4, 0.5) is 5.82 Å². The van der Waals surface area contributed by atoms with E-state index in [0.29, 0.717) is 11.1 Å². The summed E-state index contributed by atoms with van der Waals surface area (Å²) in [6.07, 6.45) is 2.29. The van der Waals surface area contributed by atoms with E-state index in [1.807, 2.05) is 0 Å². The first kappa shape index (κ1) is 16.3. The van der Waals surface area contributed by atoms with Gasteiger partial charge in [0.25, 0.3) is 0 Å². The van der Waals surface area contributed by atoms with Crippen LogP contribution in [0, 0.1) is 0 Å². The maximum atomic E-state index is 11.2. The van der Waals surface area contributed by atoms with Crippen molar-refractivity contribution in [3.05, 3.63) is 35.1 Å². The van der Waals surface area contributed by atoms with Crippen molar-refractivity contribution in [3.8, 4) is 11.8 Å². The maximum absolute atomic E-state index is 11.2. The summed E-state index contributed by atoms with van der Waals surface area (Å²) in [5, 5.41) is 13.1. The van der Waals surface area contributed by atoms with Gasteiger partial charge in [0.05, 0.1) is 17.6 Å². The third-order valence-electron chi connectivity index (χ3n) is 3.01. The highest BCUT2D eigenvalue weighted by molar-refractivity contribution is 7.86. The molecule has 3 N–H and O–H groups in total. The van der Waals surface area contributed by atoms with Crippen molar-refractivity contribution in [2.75, 3.05) is 11.6 Å². The number of anilines is 1. The van der Waals surface area contributed by atoms with Crippen molar-refractivity contribution in [1.29, 1.82) is 0 Å². The predicted octanol–water partition coefficient (Wildman–Crippen LogP) is 1.66. The zero-order valence-electron chi connectivity index (χ0n) is 12.3. The first-order valence-corrected chi connectivity index (χ1v) is 8.84. The average molecular weight is 370 g/mol. The van der Waals surface area contributed by atoms with Gasteiger partial charge in [-0.15, -0.1) is 0 Å². The molecule has 3 aromatic rings. The number of aromatic hydroxyl groups is 1. The van der Waals surface area contributed by atoms with E-state index in [0.717, 1.165) is 6.26 Å². The Morgan fingerprint density at radius 2 is 2.17 bits per heavy atom. The van der Waals surface area contributed by atoms with Crippen molar-refractivity contribution in [1.82, 2.24) is 19.9 Å². The summed E-state index contributed by atoms with van der Waals surface area (Å²) in [5.74, 6) is 0.227. The summed E-state index contributed by atoms with van der Waals surface area (Å²) in [7, 11) is -3.77. The number of hydrogen-bond donors (Lipinski definition) is 3. The number of halogens is 1. The number of phenolic OH excluding ortho intramolecular Hbond substituents is 1. The smallest absolute Gasteiger partial charge is 0.337 e. The molecule has 0 saturated carbocycles. The molecule has 0 spiro atoms. The molecule has 0 atom stereocenters. The normalized spacial score (nSPS) is 11.6. The van der Waals surface area contributed by atoms with Gasteiger partial charge in [-0.05, 0) is 6.07 Å². The lowest BCUT2D eigenvalue weighted by atomic mass is 10.2.